The lowest BCUT2D eigenvalue weighted by Gasteiger charge is -2.13. The summed E-state index contributed by atoms with van der Waals surface area (Å²) in [6, 6.07) is 1.91. The molecule has 3 N–H and O–H groups in total. The topological polar surface area (TPSA) is 90.0 Å². The Morgan fingerprint density at radius 3 is 2.60 bits per heavy atom. The Hall–Kier alpha value is -2.62. The summed E-state index contributed by atoms with van der Waals surface area (Å²) in [6.45, 7) is -0.186. The molecule has 0 unspecified atom stereocenters. The standard InChI is InChI=1S/C14H11ClF4N4O2/c1-6-2-8(16)10(23-12(20)11(15)9(4-24)22-23)3-7(6)13(25)21-5-14(17,18)19/h2-4H,5,20H2,1H3,(H,21,25). The van der Waals surface area contributed by atoms with Crippen LogP contribution >= 0.6 is 11.6 Å². The molecule has 11 heteroatoms. The van der Waals surface area contributed by atoms with Gasteiger partial charge in [-0.15, -0.1) is 0 Å². The number of anilines is 1. The molecular formula is C14H11ClF4N4O2. The van der Waals surface area contributed by atoms with E-state index < -0.39 is 24.4 Å². The molecule has 0 bridgehead atoms. The maximum absolute atomic E-state index is 14.2. The molecule has 0 saturated heterocycles. The number of nitrogen functional groups attached to an aromatic ring is 1. The molecule has 0 atom stereocenters. The number of aromatic nitrogens is 2. The van der Waals surface area contributed by atoms with Crippen LogP contribution in [0.15, 0.2) is 12.1 Å². The first kappa shape index (κ1) is 18.7. The van der Waals surface area contributed by atoms with Crippen molar-refractivity contribution in [2.75, 3.05) is 12.3 Å². The summed E-state index contributed by atoms with van der Waals surface area (Å²) in [7, 11) is 0. The maximum Gasteiger partial charge on any atom is 0.405 e. The minimum absolute atomic E-state index is 0.105. The number of aldehydes is 1. The number of halogens is 5. The van der Waals surface area contributed by atoms with E-state index in [4.69, 9.17) is 17.3 Å². The van der Waals surface area contributed by atoms with Crippen molar-refractivity contribution < 1.29 is 27.2 Å². The zero-order valence-electron chi connectivity index (χ0n) is 12.6. The number of aryl methyl sites for hydroxylation is 1. The van der Waals surface area contributed by atoms with Crippen LogP contribution in [0.25, 0.3) is 5.69 Å². The van der Waals surface area contributed by atoms with Gasteiger partial charge in [-0.25, -0.2) is 9.07 Å². The molecule has 0 radical (unpaired) electrons. The van der Waals surface area contributed by atoms with Gasteiger partial charge in [0, 0.05) is 5.56 Å². The van der Waals surface area contributed by atoms with Crippen LogP contribution in [0.3, 0.4) is 0 Å². The van der Waals surface area contributed by atoms with Crippen LogP contribution in [0.2, 0.25) is 5.02 Å². The van der Waals surface area contributed by atoms with Gasteiger partial charge in [-0.05, 0) is 24.6 Å². The lowest BCUT2D eigenvalue weighted by atomic mass is 10.1. The fourth-order valence-corrected chi connectivity index (χ4v) is 2.19. The number of nitrogens with one attached hydrogen (secondary N) is 1. The predicted molar refractivity (Wildman–Crippen MR) is 81.5 cm³/mol. The Kier molecular flexibility index (Phi) is 5.02. The number of rotatable bonds is 4. The molecule has 1 heterocycles. The third-order valence-corrected chi connectivity index (χ3v) is 3.60. The van der Waals surface area contributed by atoms with Crippen LogP contribution in [0.1, 0.15) is 26.4 Å². The van der Waals surface area contributed by atoms with Gasteiger partial charge < -0.3 is 11.1 Å². The normalized spacial score (nSPS) is 11.4. The summed E-state index contributed by atoms with van der Waals surface area (Å²) < 4.78 is 51.7. The van der Waals surface area contributed by atoms with E-state index in [9.17, 15) is 27.2 Å². The van der Waals surface area contributed by atoms with E-state index in [2.05, 4.69) is 5.10 Å². The average Bonchev–Trinajstić information content (AvgIpc) is 2.80. The van der Waals surface area contributed by atoms with E-state index in [-0.39, 0.29) is 33.3 Å². The molecule has 1 aromatic carbocycles. The highest BCUT2D eigenvalue weighted by Gasteiger charge is 2.28. The Bertz CT molecular complexity index is 848. The number of hydrogen-bond acceptors (Lipinski definition) is 4. The molecule has 0 fully saturated rings. The van der Waals surface area contributed by atoms with Gasteiger partial charge in [0.05, 0.1) is 0 Å². The highest BCUT2D eigenvalue weighted by molar-refractivity contribution is 6.35. The monoisotopic (exact) mass is 378 g/mol. The number of nitrogens with two attached hydrogens (primary N) is 1. The van der Waals surface area contributed by atoms with E-state index in [1.54, 1.807) is 5.32 Å². The largest absolute Gasteiger partial charge is 0.405 e. The second-order valence-corrected chi connectivity index (χ2v) is 5.41. The summed E-state index contributed by atoms with van der Waals surface area (Å²) in [4.78, 5) is 22.8. The van der Waals surface area contributed by atoms with Crippen molar-refractivity contribution in [3.63, 3.8) is 0 Å². The molecular weight excluding hydrogens is 368 g/mol. The van der Waals surface area contributed by atoms with E-state index >= 15 is 0 Å². The van der Waals surface area contributed by atoms with Crippen molar-refractivity contribution in [3.8, 4) is 5.69 Å². The van der Waals surface area contributed by atoms with Crippen LogP contribution < -0.4 is 11.1 Å². The number of nitrogens with zero attached hydrogens (tertiary/aromatic N) is 2. The van der Waals surface area contributed by atoms with Crippen molar-refractivity contribution in [1.29, 1.82) is 0 Å². The van der Waals surface area contributed by atoms with E-state index in [0.29, 0.717) is 6.29 Å². The van der Waals surface area contributed by atoms with Crippen LogP contribution in [-0.2, 0) is 0 Å². The number of carbonyl (C=O) groups is 2. The summed E-state index contributed by atoms with van der Waals surface area (Å²) in [6.07, 6.45) is -4.29. The van der Waals surface area contributed by atoms with E-state index in [0.717, 1.165) is 16.8 Å². The number of benzene rings is 1. The van der Waals surface area contributed by atoms with Crippen molar-refractivity contribution in [3.05, 3.63) is 39.8 Å². The van der Waals surface area contributed by atoms with Gasteiger partial charge in [-0.3, -0.25) is 9.59 Å². The predicted octanol–water partition coefficient (Wildman–Crippen LogP) is 2.66. The molecule has 2 aromatic rings. The number of hydrogen-bond donors (Lipinski definition) is 2. The first-order valence-corrected chi connectivity index (χ1v) is 7.07. The molecule has 1 amide bonds. The number of amides is 1. The third-order valence-electron chi connectivity index (χ3n) is 3.21. The molecule has 0 saturated carbocycles. The molecule has 1 aromatic heterocycles. The van der Waals surface area contributed by atoms with Gasteiger partial charge in [0.1, 0.15) is 34.6 Å². The van der Waals surface area contributed by atoms with E-state index in [1.165, 1.54) is 6.92 Å². The van der Waals surface area contributed by atoms with Crippen LogP contribution in [0.4, 0.5) is 23.4 Å². The van der Waals surface area contributed by atoms with Crippen molar-refractivity contribution >= 4 is 29.6 Å². The number of alkyl halides is 3. The molecule has 25 heavy (non-hydrogen) atoms. The maximum atomic E-state index is 14.2. The van der Waals surface area contributed by atoms with Crippen LogP contribution in [0, 0.1) is 12.7 Å². The summed E-state index contributed by atoms with van der Waals surface area (Å²) in [5.74, 6) is -2.16. The van der Waals surface area contributed by atoms with Gasteiger partial charge in [0.15, 0.2) is 6.29 Å². The van der Waals surface area contributed by atoms with Gasteiger partial charge in [-0.1, -0.05) is 11.6 Å². The summed E-state index contributed by atoms with van der Waals surface area (Å²) in [5.41, 5.74) is 4.96. The molecule has 2 rings (SSSR count). The van der Waals surface area contributed by atoms with Crippen molar-refractivity contribution in [2.24, 2.45) is 0 Å². The third kappa shape index (κ3) is 3.90. The summed E-state index contributed by atoms with van der Waals surface area (Å²) in [5, 5.41) is 5.19. The summed E-state index contributed by atoms with van der Waals surface area (Å²) >= 11 is 5.78. The Morgan fingerprint density at radius 2 is 2.08 bits per heavy atom. The first-order chi connectivity index (χ1) is 11.5. The first-order valence-electron chi connectivity index (χ1n) is 6.69. The fourth-order valence-electron chi connectivity index (χ4n) is 2.03. The second kappa shape index (κ2) is 6.71. The van der Waals surface area contributed by atoms with Gasteiger partial charge in [-0.2, -0.15) is 18.3 Å². The van der Waals surface area contributed by atoms with Gasteiger partial charge in [0.25, 0.3) is 5.91 Å². The molecule has 0 aliphatic carbocycles. The Morgan fingerprint density at radius 1 is 1.44 bits per heavy atom. The molecule has 134 valence electrons. The zero-order chi connectivity index (χ0) is 18.9. The molecule has 0 aliphatic heterocycles. The smallest absolute Gasteiger partial charge is 0.382 e. The van der Waals surface area contributed by atoms with Crippen LogP contribution in [0.5, 0.6) is 0 Å². The zero-order valence-corrected chi connectivity index (χ0v) is 13.4. The lowest BCUT2D eigenvalue weighted by Crippen LogP contribution is -2.34. The minimum atomic E-state index is -4.59. The average molecular weight is 379 g/mol. The van der Waals surface area contributed by atoms with Crippen LogP contribution in [-0.4, -0.2) is 34.7 Å². The van der Waals surface area contributed by atoms with Gasteiger partial charge >= 0.3 is 6.18 Å². The molecule has 0 aliphatic rings. The molecule has 0 spiro atoms. The lowest BCUT2D eigenvalue weighted by molar-refractivity contribution is -0.123. The fraction of sp³-hybridized carbons (Fsp3) is 0.214. The SMILES string of the molecule is Cc1cc(F)c(-n2nc(C=O)c(Cl)c2N)cc1C(=O)NCC(F)(F)F. The Labute approximate surface area is 143 Å². The second-order valence-electron chi connectivity index (χ2n) is 5.03. The minimum Gasteiger partial charge on any atom is -0.382 e. The highest BCUT2D eigenvalue weighted by atomic mass is 35.5. The number of carbonyl (C=O) groups excluding carboxylic acids is 2. The van der Waals surface area contributed by atoms with Gasteiger partial charge in [0.2, 0.25) is 0 Å². The van der Waals surface area contributed by atoms with Crippen molar-refractivity contribution in [1.82, 2.24) is 15.1 Å². The van der Waals surface area contributed by atoms with E-state index in [1.807, 2.05) is 0 Å². The Balaban J connectivity index is 2.48. The molecule has 6 nitrogen and oxygen atoms in total. The highest BCUT2D eigenvalue weighted by Crippen LogP contribution is 2.28. The quantitative estimate of drug-likeness (QED) is 0.632. The van der Waals surface area contributed by atoms with Crippen molar-refractivity contribution in [2.45, 2.75) is 13.1 Å².